The first-order chi connectivity index (χ1) is 6.92. The Morgan fingerprint density at radius 3 is 3.21 bits per heavy atom. The van der Waals surface area contributed by atoms with Crippen molar-refractivity contribution in [2.24, 2.45) is 0 Å². The minimum absolute atomic E-state index is 0.288. The highest BCUT2D eigenvalue weighted by atomic mass is 16.7. The second-order valence-corrected chi connectivity index (χ2v) is 3.24. The first kappa shape index (κ1) is 9.34. The van der Waals surface area contributed by atoms with Gasteiger partial charge in [0.1, 0.15) is 11.5 Å². The van der Waals surface area contributed by atoms with Crippen LogP contribution in [0.25, 0.3) is 0 Å². The molecule has 3 nitrogen and oxygen atoms in total. The van der Waals surface area contributed by atoms with Crippen molar-refractivity contribution in [3.8, 4) is 11.5 Å². The summed E-state index contributed by atoms with van der Waals surface area (Å²) >= 11 is 0. The summed E-state index contributed by atoms with van der Waals surface area (Å²) in [5.74, 6) is 1.83. The molecule has 76 valence electrons. The van der Waals surface area contributed by atoms with E-state index in [1.807, 2.05) is 18.2 Å². The van der Waals surface area contributed by atoms with Gasteiger partial charge in [-0.1, -0.05) is 6.07 Å². The first-order valence-corrected chi connectivity index (χ1v) is 4.78. The minimum Gasteiger partial charge on any atom is -0.493 e. The highest BCUT2D eigenvalue weighted by Crippen LogP contribution is 2.32. The summed E-state index contributed by atoms with van der Waals surface area (Å²) < 4.78 is 15.8. The lowest BCUT2D eigenvalue weighted by molar-refractivity contribution is 0.0498. The number of hydrogen-bond acceptors (Lipinski definition) is 3. The van der Waals surface area contributed by atoms with E-state index in [1.54, 1.807) is 7.11 Å². The summed E-state index contributed by atoms with van der Waals surface area (Å²) in [5.41, 5.74) is 1.16. The quantitative estimate of drug-likeness (QED) is 0.689. The lowest BCUT2D eigenvalue weighted by Crippen LogP contribution is -2.10. The van der Waals surface area contributed by atoms with E-state index in [9.17, 15) is 0 Å². The minimum atomic E-state index is 0.288. The lowest BCUT2D eigenvalue weighted by Gasteiger charge is -2.19. The molecule has 0 radical (unpaired) electrons. The van der Waals surface area contributed by atoms with Crippen molar-refractivity contribution in [1.82, 2.24) is 0 Å². The van der Waals surface area contributed by atoms with Crippen LogP contribution in [0.15, 0.2) is 18.2 Å². The fraction of sp³-hybridized carbons (Fsp3) is 0.455. The Morgan fingerprint density at radius 2 is 2.36 bits per heavy atom. The fourth-order valence-corrected chi connectivity index (χ4v) is 1.62. The van der Waals surface area contributed by atoms with E-state index in [0.29, 0.717) is 0 Å². The van der Waals surface area contributed by atoms with Crippen LogP contribution in [-0.2, 0) is 11.2 Å². The standard InChI is InChI=1S/C11H14O3/c1-12-8-14-11-6-2-5-10-9(11)4-3-7-13-10/h2,5-6H,3-4,7-8H2,1H3. The monoisotopic (exact) mass is 194 g/mol. The average Bonchev–Trinajstić information content (AvgIpc) is 2.26. The van der Waals surface area contributed by atoms with Crippen molar-refractivity contribution in [3.63, 3.8) is 0 Å². The zero-order valence-corrected chi connectivity index (χ0v) is 8.29. The number of ether oxygens (including phenoxy) is 3. The SMILES string of the molecule is COCOc1cccc2c1CCCO2. The van der Waals surface area contributed by atoms with Crippen LogP contribution >= 0.6 is 0 Å². The number of methoxy groups -OCH3 is 1. The molecular formula is C11H14O3. The van der Waals surface area contributed by atoms with Crippen LogP contribution in [0.1, 0.15) is 12.0 Å². The van der Waals surface area contributed by atoms with Gasteiger partial charge in [0.2, 0.25) is 0 Å². The van der Waals surface area contributed by atoms with Crippen molar-refractivity contribution in [1.29, 1.82) is 0 Å². The Labute approximate surface area is 83.6 Å². The second-order valence-electron chi connectivity index (χ2n) is 3.24. The summed E-state index contributed by atoms with van der Waals surface area (Å²) in [7, 11) is 1.62. The third-order valence-electron chi connectivity index (χ3n) is 2.25. The third kappa shape index (κ3) is 1.82. The largest absolute Gasteiger partial charge is 0.493 e. The molecule has 0 aromatic heterocycles. The molecule has 3 heteroatoms. The molecule has 0 atom stereocenters. The maximum absolute atomic E-state index is 5.52. The Balaban J connectivity index is 2.21. The van der Waals surface area contributed by atoms with Crippen LogP contribution in [0.2, 0.25) is 0 Å². The molecular weight excluding hydrogens is 180 g/mol. The van der Waals surface area contributed by atoms with E-state index >= 15 is 0 Å². The Kier molecular flexibility index (Phi) is 2.89. The molecule has 0 N–H and O–H groups in total. The van der Waals surface area contributed by atoms with Gasteiger partial charge in [0.05, 0.1) is 6.61 Å². The van der Waals surface area contributed by atoms with E-state index in [4.69, 9.17) is 14.2 Å². The van der Waals surface area contributed by atoms with E-state index in [-0.39, 0.29) is 6.79 Å². The van der Waals surface area contributed by atoms with Gasteiger partial charge in [-0.25, -0.2) is 0 Å². The molecule has 1 heterocycles. The van der Waals surface area contributed by atoms with Gasteiger partial charge >= 0.3 is 0 Å². The Hall–Kier alpha value is -1.22. The van der Waals surface area contributed by atoms with Crippen LogP contribution in [0, 0.1) is 0 Å². The van der Waals surface area contributed by atoms with Gasteiger partial charge in [-0.2, -0.15) is 0 Å². The summed E-state index contributed by atoms with van der Waals surface area (Å²) in [6.07, 6.45) is 2.08. The molecule has 0 spiro atoms. The first-order valence-electron chi connectivity index (χ1n) is 4.78. The second kappa shape index (κ2) is 4.33. The molecule has 0 saturated carbocycles. The number of fused-ring (bicyclic) bond motifs is 1. The molecule has 0 fully saturated rings. The smallest absolute Gasteiger partial charge is 0.188 e. The molecule has 0 aliphatic carbocycles. The van der Waals surface area contributed by atoms with Crippen LogP contribution in [-0.4, -0.2) is 20.5 Å². The summed E-state index contributed by atoms with van der Waals surface area (Å²) in [5, 5.41) is 0. The molecule has 0 bridgehead atoms. The zero-order valence-electron chi connectivity index (χ0n) is 8.29. The molecule has 2 rings (SSSR count). The van der Waals surface area contributed by atoms with Gasteiger partial charge < -0.3 is 14.2 Å². The van der Waals surface area contributed by atoms with Gasteiger partial charge in [-0.3, -0.25) is 0 Å². The van der Waals surface area contributed by atoms with Crippen LogP contribution < -0.4 is 9.47 Å². The molecule has 1 aromatic carbocycles. The topological polar surface area (TPSA) is 27.7 Å². The van der Waals surface area contributed by atoms with Crippen molar-refractivity contribution in [2.75, 3.05) is 20.5 Å². The van der Waals surface area contributed by atoms with Gasteiger partial charge in [0, 0.05) is 12.7 Å². The van der Waals surface area contributed by atoms with Gasteiger partial charge in [0.25, 0.3) is 0 Å². The van der Waals surface area contributed by atoms with Crippen molar-refractivity contribution < 1.29 is 14.2 Å². The summed E-state index contributed by atoms with van der Waals surface area (Å²) in [6.45, 7) is 1.09. The Bertz CT molecular complexity index is 309. The molecule has 1 aliphatic heterocycles. The van der Waals surface area contributed by atoms with Crippen molar-refractivity contribution >= 4 is 0 Å². The normalized spacial score (nSPS) is 14.4. The van der Waals surface area contributed by atoms with Gasteiger partial charge in [0.15, 0.2) is 6.79 Å². The number of hydrogen-bond donors (Lipinski definition) is 0. The highest BCUT2D eigenvalue weighted by Gasteiger charge is 2.14. The molecule has 0 saturated heterocycles. The highest BCUT2D eigenvalue weighted by molar-refractivity contribution is 5.45. The van der Waals surface area contributed by atoms with E-state index in [1.165, 1.54) is 0 Å². The third-order valence-corrected chi connectivity index (χ3v) is 2.25. The summed E-state index contributed by atoms with van der Waals surface area (Å²) in [4.78, 5) is 0. The van der Waals surface area contributed by atoms with Crippen LogP contribution in [0.4, 0.5) is 0 Å². The lowest BCUT2D eigenvalue weighted by atomic mass is 10.1. The average molecular weight is 194 g/mol. The zero-order chi connectivity index (χ0) is 9.80. The van der Waals surface area contributed by atoms with E-state index < -0.39 is 0 Å². The van der Waals surface area contributed by atoms with Crippen LogP contribution in [0.5, 0.6) is 11.5 Å². The molecule has 0 unspecified atom stereocenters. The maximum atomic E-state index is 5.52. The predicted octanol–water partition coefficient (Wildman–Crippen LogP) is 1.99. The Morgan fingerprint density at radius 1 is 1.43 bits per heavy atom. The predicted molar refractivity (Wildman–Crippen MR) is 52.8 cm³/mol. The maximum Gasteiger partial charge on any atom is 0.188 e. The van der Waals surface area contributed by atoms with Crippen molar-refractivity contribution in [3.05, 3.63) is 23.8 Å². The molecule has 1 aliphatic rings. The molecule has 1 aromatic rings. The van der Waals surface area contributed by atoms with E-state index in [2.05, 4.69) is 0 Å². The van der Waals surface area contributed by atoms with E-state index in [0.717, 1.165) is 36.5 Å². The van der Waals surface area contributed by atoms with Gasteiger partial charge in [-0.05, 0) is 25.0 Å². The van der Waals surface area contributed by atoms with Gasteiger partial charge in [-0.15, -0.1) is 0 Å². The van der Waals surface area contributed by atoms with Crippen LogP contribution in [0.3, 0.4) is 0 Å². The molecule has 14 heavy (non-hydrogen) atoms. The fourth-order valence-electron chi connectivity index (χ4n) is 1.62. The number of benzene rings is 1. The number of rotatable bonds is 3. The van der Waals surface area contributed by atoms with Crippen molar-refractivity contribution in [2.45, 2.75) is 12.8 Å². The summed E-state index contributed by atoms with van der Waals surface area (Å²) in [6, 6.07) is 5.87. The molecule has 0 amide bonds.